The lowest BCUT2D eigenvalue weighted by molar-refractivity contribution is 0.630. The molecule has 6 heteroatoms. The van der Waals surface area contributed by atoms with Gasteiger partial charge in [-0.05, 0) is 48.7 Å². The Morgan fingerprint density at radius 2 is 1.62 bits per heavy atom. The maximum atomic E-state index is 13.3. The molecule has 0 fully saturated rings. The molecule has 0 aliphatic heterocycles. The lowest BCUT2D eigenvalue weighted by atomic mass is 10.1. The van der Waals surface area contributed by atoms with E-state index in [1.165, 1.54) is 46.6 Å². The predicted molar refractivity (Wildman–Crippen MR) is 101 cm³/mol. The SMILES string of the molecule is CCCCc1ccc2nc(Nc3nc4ccc(F)cc4s3)sc2c1. The number of rotatable bonds is 5. The van der Waals surface area contributed by atoms with Crippen LogP contribution >= 0.6 is 22.7 Å². The number of hydrogen-bond donors (Lipinski definition) is 1. The lowest BCUT2D eigenvalue weighted by Crippen LogP contribution is -1.87. The van der Waals surface area contributed by atoms with Gasteiger partial charge in [-0.3, -0.25) is 0 Å². The van der Waals surface area contributed by atoms with Crippen molar-refractivity contribution in [2.75, 3.05) is 5.32 Å². The van der Waals surface area contributed by atoms with Crippen LogP contribution in [0.25, 0.3) is 20.4 Å². The Morgan fingerprint density at radius 1 is 0.958 bits per heavy atom. The molecule has 0 unspecified atom stereocenters. The topological polar surface area (TPSA) is 37.8 Å². The predicted octanol–water partition coefficient (Wildman–Crippen LogP) is 6.13. The number of thiazole rings is 2. The molecule has 1 N–H and O–H groups in total. The summed E-state index contributed by atoms with van der Waals surface area (Å²) in [5.74, 6) is -0.239. The molecule has 122 valence electrons. The van der Waals surface area contributed by atoms with Crippen molar-refractivity contribution in [1.82, 2.24) is 9.97 Å². The van der Waals surface area contributed by atoms with Crippen LogP contribution in [0.3, 0.4) is 0 Å². The third-order valence-electron chi connectivity index (χ3n) is 3.84. The normalized spacial score (nSPS) is 11.4. The minimum Gasteiger partial charge on any atom is -0.307 e. The van der Waals surface area contributed by atoms with Crippen molar-refractivity contribution < 1.29 is 4.39 Å². The molecule has 0 radical (unpaired) electrons. The first-order chi connectivity index (χ1) is 11.7. The number of nitrogens with one attached hydrogen (secondary N) is 1. The van der Waals surface area contributed by atoms with Crippen molar-refractivity contribution in [3.8, 4) is 0 Å². The van der Waals surface area contributed by atoms with Gasteiger partial charge >= 0.3 is 0 Å². The smallest absolute Gasteiger partial charge is 0.190 e. The number of aryl methyl sites for hydroxylation is 1. The average molecular weight is 357 g/mol. The van der Waals surface area contributed by atoms with E-state index < -0.39 is 0 Å². The van der Waals surface area contributed by atoms with Gasteiger partial charge in [0.2, 0.25) is 0 Å². The highest BCUT2D eigenvalue weighted by Crippen LogP contribution is 2.33. The van der Waals surface area contributed by atoms with Crippen LogP contribution in [-0.4, -0.2) is 9.97 Å². The molecule has 2 aromatic heterocycles. The summed E-state index contributed by atoms with van der Waals surface area (Å²) in [5.41, 5.74) is 3.15. The summed E-state index contributed by atoms with van der Waals surface area (Å²) in [7, 11) is 0. The first-order valence-electron chi connectivity index (χ1n) is 7.94. The first kappa shape index (κ1) is 15.5. The molecule has 0 aliphatic rings. The number of nitrogens with zero attached hydrogens (tertiary/aromatic N) is 2. The van der Waals surface area contributed by atoms with E-state index in [9.17, 15) is 4.39 Å². The minimum atomic E-state index is -0.239. The van der Waals surface area contributed by atoms with E-state index in [0.29, 0.717) is 0 Å². The third-order valence-corrected chi connectivity index (χ3v) is 5.70. The van der Waals surface area contributed by atoms with Gasteiger partial charge in [-0.15, -0.1) is 0 Å². The Balaban J connectivity index is 1.60. The van der Waals surface area contributed by atoms with Gasteiger partial charge in [-0.25, -0.2) is 14.4 Å². The molecule has 0 amide bonds. The van der Waals surface area contributed by atoms with Crippen LogP contribution in [0.4, 0.5) is 14.7 Å². The van der Waals surface area contributed by atoms with E-state index >= 15 is 0 Å². The summed E-state index contributed by atoms with van der Waals surface area (Å²) in [6.07, 6.45) is 3.51. The van der Waals surface area contributed by atoms with Crippen molar-refractivity contribution in [1.29, 1.82) is 0 Å². The summed E-state index contributed by atoms with van der Waals surface area (Å²) in [4.78, 5) is 9.10. The molecule has 0 spiro atoms. The van der Waals surface area contributed by atoms with Crippen LogP contribution in [0.15, 0.2) is 36.4 Å². The fourth-order valence-electron chi connectivity index (χ4n) is 2.60. The number of benzene rings is 2. The van der Waals surface area contributed by atoms with Crippen molar-refractivity contribution in [3.63, 3.8) is 0 Å². The highest BCUT2D eigenvalue weighted by Gasteiger charge is 2.09. The molecule has 0 saturated heterocycles. The zero-order chi connectivity index (χ0) is 16.5. The maximum absolute atomic E-state index is 13.3. The first-order valence-corrected chi connectivity index (χ1v) is 9.57. The lowest BCUT2D eigenvalue weighted by Gasteiger charge is -1.98. The summed E-state index contributed by atoms with van der Waals surface area (Å²) in [6, 6.07) is 11.1. The van der Waals surface area contributed by atoms with E-state index in [-0.39, 0.29) is 5.82 Å². The van der Waals surface area contributed by atoms with Gasteiger partial charge in [0, 0.05) is 0 Å². The van der Waals surface area contributed by atoms with Gasteiger partial charge in [0.15, 0.2) is 10.3 Å². The third kappa shape index (κ3) is 3.12. The van der Waals surface area contributed by atoms with Crippen molar-refractivity contribution in [2.45, 2.75) is 26.2 Å². The Labute approximate surface area is 147 Å². The highest BCUT2D eigenvalue weighted by atomic mass is 32.1. The van der Waals surface area contributed by atoms with Crippen molar-refractivity contribution >= 4 is 53.4 Å². The molecular formula is C18H16FN3S2. The Kier molecular flexibility index (Phi) is 4.16. The molecule has 2 aromatic carbocycles. The number of aromatic nitrogens is 2. The number of anilines is 2. The van der Waals surface area contributed by atoms with Gasteiger partial charge in [0.1, 0.15) is 5.82 Å². The fraction of sp³-hybridized carbons (Fsp3) is 0.222. The second-order valence-corrected chi connectivity index (χ2v) is 7.74. The van der Waals surface area contributed by atoms with E-state index in [1.54, 1.807) is 17.4 Å². The second kappa shape index (κ2) is 6.45. The Morgan fingerprint density at radius 3 is 2.33 bits per heavy atom. The van der Waals surface area contributed by atoms with Crippen LogP contribution in [0.2, 0.25) is 0 Å². The molecule has 0 atom stereocenters. The molecule has 0 bridgehead atoms. The quantitative estimate of drug-likeness (QED) is 0.467. The van der Waals surface area contributed by atoms with Crippen LogP contribution < -0.4 is 5.32 Å². The highest BCUT2D eigenvalue weighted by molar-refractivity contribution is 7.24. The average Bonchev–Trinajstić information content (AvgIpc) is 3.14. The zero-order valence-corrected chi connectivity index (χ0v) is 14.8. The second-order valence-electron chi connectivity index (χ2n) is 5.68. The Hall–Kier alpha value is -2.05. The summed E-state index contributed by atoms with van der Waals surface area (Å²) in [6.45, 7) is 2.21. The van der Waals surface area contributed by atoms with Crippen LogP contribution in [-0.2, 0) is 6.42 Å². The molecule has 0 aliphatic carbocycles. The van der Waals surface area contributed by atoms with Crippen molar-refractivity contribution in [2.24, 2.45) is 0 Å². The zero-order valence-electron chi connectivity index (χ0n) is 13.2. The number of fused-ring (bicyclic) bond motifs is 2. The van der Waals surface area contributed by atoms with E-state index in [1.807, 2.05) is 0 Å². The fourth-order valence-corrected chi connectivity index (χ4v) is 4.49. The standard InChI is InChI=1S/C18H16FN3S2/c1-2-3-4-11-5-7-13-15(9-11)23-17(20-13)22-18-21-14-8-6-12(19)10-16(14)24-18/h5-10H,2-4H2,1H3,(H,20,21,22). The van der Waals surface area contributed by atoms with Gasteiger partial charge < -0.3 is 5.32 Å². The summed E-state index contributed by atoms with van der Waals surface area (Å²) < 4.78 is 15.3. The maximum Gasteiger partial charge on any atom is 0.190 e. The summed E-state index contributed by atoms with van der Waals surface area (Å²) >= 11 is 3.06. The molecule has 3 nitrogen and oxygen atoms in total. The minimum absolute atomic E-state index is 0.239. The number of halogens is 1. The van der Waals surface area contributed by atoms with E-state index in [4.69, 9.17) is 0 Å². The molecule has 4 rings (SSSR count). The molecule has 0 saturated carbocycles. The molecular weight excluding hydrogens is 341 g/mol. The van der Waals surface area contributed by atoms with E-state index in [2.05, 4.69) is 40.4 Å². The van der Waals surface area contributed by atoms with Crippen LogP contribution in [0, 0.1) is 5.82 Å². The van der Waals surface area contributed by atoms with E-state index in [0.717, 1.165) is 32.4 Å². The van der Waals surface area contributed by atoms with Gasteiger partial charge in [-0.2, -0.15) is 0 Å². The van der Waals surface area contributed by atoms with Crippen LogP contribution in [0.5, 0.6) is 0 Å². The number of hydrogen-bond acceptors (Lipinski definition) is 5. The molecule has 2 heterocycles. The molecule has 4 aromatic rings. The summed E-state index contributed by atoms with van der Waals surface area (Å²) in [5, 5.41) is 4.81. The van der Waals surface area contributed by atoms with Gasteiger partial charge in [0.05, 0.1) is 20.4 Å². The van der Waals surface area contributed by atoms with Gasteiger partial charge in [-0.1, -0.05) is 42.1 Å². The Bertz CT molecular complexity index is 1010. The monoisotopic (exact) mass is 357 g/mol. The van der Waals surface area contributed by atoms with Gasteiger partial charge in [0.25, 0.3) is 0 Å². The van der Waals surface area contributed by atoms with Crippen LogP contribution in [0.1, 0.15) is 25.3 Å². The number of unbranched alkanes of at least 4 members (excludes halogenated alkanes) is 1. The largest absolute Gasteiger partial charge is 0.307 e. The molecule has 24 heavy (non-hydrogen) atoms. The van der Waals surface area contributed by atoms with Crippen molar-refractivity contribution in [3.05, 3.63) is 47.8 Å².